The molecular weight excluding hydrogens is 436 g/mol. The SMILES string of the molecule is O=C(Cn1nc(-c2ccccc2)cc1-c1ccccc1)N1CCN(c2ccc(Cl)nn2)CC1. The third-order valence-electron chi connectivity index (χ3n) is 5.78. The van der Waals surface area contributed by atoms with Crippen LogP contribution in [0.25, 0.3) is 22.5 Å². The molecule has 4 aromatic rings. The van der Waals surface area contributed by atoms with E-state index in [9.17, 15) is 4.79 Å². The summed E-state index contributed by atoms with van der Waals surface area (Å²) < 4.78 is 1.82. The van der Waals surface area contributed by atoms with E-state index >= 15 is 0 Å². The Labute approximate surface area is 197 Å². The summed E-state index contributed by atoms with van der Waals surface area (Å²) in [6.07, 6.45) is 0. The molecule has 8 heteroatoms. The van der Waals surface area contributed by atoms with E-state index in [-0.39, 0.29) is 12.5 Å². The van der Waals surface area contributed by atoms with Crippen LogP contribution in [0.2, 0.25) is 5.15 Å². The Balaban J connectivity index is 1.33. The number of hydrogen-bond donors (Lipinski definition) is 0. The van der Waals surface area contributed by atoms with E-state index in [4.69, 9.17) is 16.7 Å². The lowest BCUT2D eigenvalue weighted by atomic mass is 10.1. The van der Waals surface area contributed by atoms with Crippen LogP contribution in [-0.4, -0.2) is 57.0 Å². The van der Waals surface area contributed by atoms with Gasteiger partial charge in [0.15, 0.2) is 11.0 Å². The van der Waals surface area contributed by atoms with Crippen LogP contribution in [0, 0.1) is 0 Å². The van der Waals surface area contributed by atoms with Gasteiger partial charge in [-0.1, -0.05) is 72.3 Å². The predicted octanol–water partition coefficient (Wildman–Crippen LogP) is 4.01. The molecular formula is C25H23ClN6O. The van der Waals surface area contributed by atoms with Gasteiger partial charge in [-0.2, -0.15) is 5.10 Å². The lowest BCUT2D eigenvalue weighted by Crippen LogP contribution is -2.50. The number of carbonyl (C=O) groups excluding carboxylic acids is 1. The van der Waals surface area contributed by atoms with Crippen molar-refractivity contribution in [2.24, 2.45) is 0 Å². The van der Waals surface area contributed by atoms with Gasteiger partial charge in [-0.05, 0) is 23.8 Å². The molecule has 0 aliphatic carbocycles. The first-order valence-electron chi connectivity index (χ1n) is 10.9. The maximum atomic E-state index is 13.2. The minimum atomic E-state index is 0.0525. The summed E-state index contributed by atoms with van der Waals surface area (Å²) in [4.78, 5) is 17.2. The Morgan fingerprint density at radius 1 is 0.818 bits per heavy atom. The van der Waals surface area contributed by atoms with Gasteiger partial charge in [-0.15, -0.1) is 10.2 Å². The summed E-state index contributed by atoms with van der Waals surface area (Å²) in [6, 6.07) is 25.7. The highest BCUT2D eigenvalue weighted by molar-refractivity contribution is 6.29. The van der Waals surface area contributed by atoms with E-state index in [1.165, 1.54) is 0 Å². The first-order chi connectivity index (χ1) is 16.2. The van der Waals surface area contributed by atoms with Gasteiger partial charge < -0.3 is 9.80 Å². The molecule has 2 aromatic carbocycles. The first kappa shape index (κ1) is 21.2. The van der Waals surface area contributed by atoms with Gasteiger partial charge in [-0.3, -0.25) is 9.48 Å². The average Bonchev–Trinajstić information content (AvgIpc) is 3.29. The number of nitrogens with zero attached hydrogens (tertiary/aromatic N) is 6. The van der Waals surface area contributed by atoms with E-state index in [1.54, 1.807) is 6.07 Å². The second-order valence-corrected chi connectivity index (χ2v) is 8.27. The van der Waals surface area contributed by atoms with E-state index in [0.717, 1.165) is 28.3 Å². The molecule has 2 aromatic heterocycles. The second kappa shape index (κ2) is 9.42. The molecule has 5 rings (SSSR count). The van der Waals surface area contributed by atoms with Gasteiger partial charge in [0.25, 0.3) is 0 Å². The van der Waals surface area contributed by atoms with Crippen LogP contribution in [0.5, 0.6) is 0 Å². The van der Waals surface area contributed by atoms with Crippen molar-refractivity contribution in [3.05, 3.63) is 84.0 Å². The molecule has 0 spiro atoms. The number of halogens is 1. The summed E-state index contributed by atoms with van der Waals surface area (Å²) in [6.45, 7) is 2.83. The molecule has 0 atom stereocenters. The van der Waals surface area contributed by atoms with Crippen molar-refractivity contribution in [1.82, 2.24) is 24.9 Å². The number of amides is 1. The van der Waals surface area contributed by atoms with Gasteiger partial charge in [0, 0.05) is 31.7 Å². The lowest BCUT2D eigenvalue weighted by molar-refractivity contribution is -0.132. The zero-order valence-electron chi connectivity index (χ0n) is 18.0. The standard InChI is InChI=1S/C25H23ClN6O/c26-23-11-12-24(28-27-23)30-13-15-31(16-14-30)25(33)18-32-22(20-9-5-2-6-10-20)17-21(29-32)19-7-3-1-4-8-19/h1-12,17H,13-16,18H2. The summed E-state index contributed by atoms with van der Waals surface area (Å²) >= 11 is 5.84. The lowest BCUT2D eigenvalue weighted by Gasteiger charge is -2.35. The fourth-order valence-corrected chi connectivity index (χ4v) is 4.12. The Hall–Kier alpha value is -3.71. The Kier molecular flexibility index (Phi) is 6.04. The molecule has 1 fully saturated rings. The zero-order chi connectivity index (χ0) is 22.6. The summed E-state index contributed by atoms with van der Waals surface area (Å²) in [7, 11) is 0. The van der Waals surface area contributed by atoms with Crippen LogP contribution in [0.1, 0.15) is 0 Å². The largest absolute Gasteiger partial charge is 0.352 e. The molecule has 1 aliphatic heterocycles. The van der Waals surface area contributed by atoms with Crippen molar-refractivity contribution < 1.29 is 4.79 Å². The van der Waals surface area contributed by atoms with E-state index < -0.39 is 0 Å². The number of carbonyl (C=O) groups is 1. The van der Waals surface area contributed by atoms with Gasteiger partial charge in [-0.25, -0.2) is 0 Å². The topological polar surface area (TPSA) is 67.2 Å². The summed E-state index contributed by atoms with van der Waals surface area (Å²) in [5.74, 6) is 0.828. The average molecular weight is 459 g/mol. The minimum Gasteiger partial charge on any atom is -0.352 e. The molecule has 1 amide bonds. The van der Waals surface area contributed by atoms with Crippen LogP contribution in [0.15, 0.2) is 78.9 Å². The number of hydrogen-bond acceptors (Lipinski definition) is 5. The van der Waals surface area contributed by atoms with E-state index in [0.29, 0.717) is 31.3 Å². The Morgan fingerprint density at radius 3 is 2.12 bits per heavy atom. The molecule has 1 aliphatic rings. The molecule has 7 nitrogen and oxygen atoms in total. The van der Waals surface area contributed by atoms with Crippen molar-refractivity contribution in [2.45, 2.75) is 6.54 Å². The molecule has 0 N–H and O–H groups in total. The number of aromatic nitrogens is 4. The molecule has 0 saturated carbocycles. The minimum absolute atomic E-state index is 0.0525. The molecule has 0 radical (unpaired) electrons. The van der Waals surface area contributed by atoms with Crippen LogP contribution < -0.4 is 4.90 Å². The van der Waals surface area contributed by atoms with E-state index in [2.05, 4.69) is 21.2 Å². The maximum absolute atomic E-state index is 13.2. The van der Waals surface area contributed by atoms with Gasteiger partial charge >= 0.3 is 0 Å². The zero-order valence-corrected chi connectivity index (χ0v) is 18.8. The van der Waals surface area contributed by atoms with Crippen molar-refractivity contribution in [3.63, 3.8) is 0 Å². The maximum Gasteiger partial charge on any atom is 0.244 e. The third kappa shape index (κ3) is 4.73. The Bertz CT molecular complexity index is 1220. The van der Waals surface area contributed by atoms with Crippen LogP contribution in [-0.2, 0) is 11.3 Å². The number of anilines is 1. The molecule has 1 saturated heterocycles. The smallest absolute Gasteiger partial charge is 0.244 e. The molecule has 166 valence electrons. The quantitative estimate of drug-likeness (QED) is 0.452. The van der Waals surface area contributed by atoms with Crippen molar-refractivity contribution in [1.29, 1.82) is 0 Å². The molecule has 3 heterocycles. The fraction of sp³-hybridized carbons (Fsp3) is 0.200. The molecule has 33 heavy (non-hydrogen) atoms. The Morgan fingerprint density at radius 2 is 1.48 bits per heavy atom. The second-order valence-electron chi connectivity index (χ2n) is 7.89. The van der Waals surface area contributed by atoms with Crippen LogP contribution in [0.3, 0.4) is 0 Å². The normalized spacial score (nSPS) is 13.8. The number of piperazine rings is 1. The van der Waals surface area contributed by atoms with Crippen LogP contribution in [0.4, 0.5) is 5.82 Å². The highest BCUT2D eigenvalue weighted by atomic mass is 35.5. The van der Waals surface area contributed by atoms with Gasteiger partial charge in [0.2, 0.25) is 5.91 Å². The van der Waals surface area contributed by atoms with Gasteiger partial charge in [0.1, 0.15) is 6.54 Å². The summed E-state index contributed by atoms with van der Waals surface area (Å²) in [5.41, 5.74) is 3.84. The van der Waals surface area contributed by atoms with Gasteiger partial charge in [0.05, 0.1) is 11.4 Å². The fourth-order valence-electron chi connectivity index (χ4n) is 4.02. The molecule has 0 unspecified atom stereocenters. The van der Waals surface area contributed by atoms with Crippen LogP contribution >= 0.6 is 11.6 Å². The predicted molar refractivity (Wildman–Crippen MR) is 129 cm³/mol. The number of rotatable bonds is 5. The van der Waals surface area contributed by atoms with E-state index in [1.807, 2.05) is 76.3 Å². The van der Waals surface area contributed by atoms with Crippen molar-refractivity contribution >= 4 is 23.3 Å². The third-order valence-corrected chi connectivity index (χ3v) is 5.98. The summed E-state index contributed by atoms with van der Waals surface area (Å²) in [5, 5.41) is 13.2. The highest BCUT2D eigenvalue weighted by Crippen LogP contribution is 2.26. The monoisotopic (exact) mass is 458 g/mol. The molecule has 0 bridgehead atoms. The first-order valence-corrected chi connectivity index (χ1v) is 11.3. The van der Waals surface area contributed by atoms with Crippen molar-refractivity contribution in [2.75, 3.05) is 31.1 Å². The van der Waals surface area contributed by atoms with Crippen molar-refractivity contribution in [3.8, 4) is 22.5 Å². The number of benzene rings is 2. The highest BCUT2D eigenvalue weighted by Gasteiger charge is 2.23.